The van der Waals surface area contributed by atoms with Gasteiger partial charge in [0.25, 0.3) is 5.91 Å². The average Bonchev–Trinajstić information content (AvgIpc) is 3.48. The molecule has 1 aliphatic heterocycles. The number of fused-ring (bicyclic) bond motifs is 2. The van der Waals surface area contributed by atoms with Crippen LogP contribution in [0.25, 0.3) is 11.0 Å². The largest absolute Gasteiger partial charge is 0.450 e. The van der Waals surface area contributed by atoms with Crippen LogP contribution in [-0.4, -0.2) is 19.3 Å². The zero-order valence-corrected chi connectivity index (χ0v) is 21.6. The van der Waals surface area contributed by atoms with E-state index in [1.165, 1.54) is 23.2 Å². The quantitative estimate of drug-likeness (QED) is 0.282. The summed E-state index contributed by atoms with van der Waals surface area (Å²) >= 11 is 7.12. The van der Waals surface area contributed by atoms with Crippen LogP contribution in [0.3, 0.4) is 0 Å². The summed E-state index contributed by atoms with van der Waals surface area (Å²) in [5, 5.41) is 0.888. The minimum Gasteiger partial charge on any atom is -0.450 e. The smallest absolute Gasteiger partial charge is 0.297 e. The van der Waals surface area contributed by atoms with Gasteiger partial charge in [-0.15, -0.1) is 0 Å². The number of amides is 1. The molecule has 184 valence electrons. The number of rotatable bonds is 4. The minimum atomic E-state index is -3.85. The molecule has 3 aromatic carbocycles. The summed E-state index contributed by atoms with van der Waals surface area (Å²) in [6.07, 6.45) is 1.22. The van der Waals surface area contributed by atoms with Crippen molar-refractivity contribution < 1.29 is 17.6 Å². The van der Waals surface area contributed by atoms with Gasteiger partial charge in [0.15, 0.2) is 10.6 Å². The van der Waals surface area contributed by atoms with Gasteiger partial charge in [-0.25, -0.2) is 13.4 Å². The molecule has 0 fully saturated rings. The van der Waals surface area contributed by atoms with E-state index in [1.54, 1.807) is 60.7 Å². The molecule has 1 unspecified atom stereocenters. The van der Waals surface area contributed by atoms with Gasteiger partial charge in [0.1, 0.15) is 9.79 Å². The Morgan fingerprint density at radius 1 is 1.00 bits per heavy atom. The second-order valence-corrected chi connectivity index (χ2v) is 12.2. The summed E-state index contributed by atoms with van der Waals surface area (Å²) in [4.78, 5) is 33.2. The first-order chi connectivity index (χ1) is 17.8. The van der Waals surface area contributed by atoms with Crippen molar-refractivity contribution in [2.75, 3.05) is 4.90 Å². The summed E-state index contributed by atoms with van der Waals surface area (Å²) in [5.74, 6) is -0.686. The number of halogens is 1. The molecular formula is C27H17ClN2O5S2. The second-order valence-electron chi connectivity index (χ2n) is 8.58. The molecule has 1 aliphatic rings. The highest BCUT2D eigenvalue weighted by atomic mass is 35.5. The molecule has 10 heteroatoms. The zero-order chi connectivity index (χ0) is 25.9. The van der Waals surface area contributed by atoms with Gasteiger partial charge in [0.05, 0.1) is 28.1 Å². The van der Waals surface area contributed by atoms with Crippen LogP contribution < -0.4 is 10.3 Å². The van der Waals surface area contributed by atoms with Crippen LogP contribution in [0.2, 0.25) is 5.02 Å². The number of benzene rings is 3. The third-order valence-electron chi connectivity index (χ3n) is 6.19. The SMILES string of the molecule is Cc1ccc2c(=O)c3c(oc2c1)C(=O)N(c1ncc(S(=O)(=O)c2ccccc2)s1)C3c1cccc(Cl)c1. The highest BCUT2D eigenvalue weighted by molar-refractivity contribution is 7.93. The van der Waals surface area contributed by atoms with Crippen molar-refractivity contribution in [1.29, 1.82) is 0 Å². The fraction of sp³-hybridized carbons (Fsp3) is 0.0741. The number of carbonyl (C=O) groups excluding carboxylic acids is 1. The van der Waals surface area contributed by atoms with Crippen molar-refractivity contribution in [2.24, 2.45) is 0 Å². The summed E-state index contributed by atoms with van der Waals surface area (Å²) in [6.45, 7) is 1.86. The van der Waals surface area contributed by atoms with Crippen LogP contribution in [0.5, 0.6) is 0 Å². The number of carbonyl (C=O) groups is 1. The van der Waals surface area contributed by atoms with Gasteiger partial charge in [-0.05, 0) is 54.4 Å². The maximum Gasteiger partial charge on any atom is 0.297 e. The number of sulfone groups is 1. The van der Waals surface area contributed by atoms with Crippen molar-refractivity contribution in [1.82, 2.24) is 4.98 Å². The molecule has 1 amide bonds. The molecule has 37 heavy (non-hydrogen) atoms. The lowest BCUT2D eigenvalue weighted by molar-refractivity contribution is 0.0971. The lowest BCUT2D eigenvalue weighted by Crippen LogP contribution is -2.29. The number of hydrogen-bond donors (Lipinski definition) is 0. The molecule has 0 N–H and O–H groups in total. The first kappa shape index (κ1) is 23.6. The predicted octanol–water partition coefficient (Wildman–Crippen LogP) is 5.79. The Balaban J connectivity index is 1.56. The van der Waals surface area contributed by atoms with Gasteiger partial charge in [-0.1, -0.05) is 59.3 Å². The maximum absolute atomic E-state index is 13.8. The highest BCUT2D eigenvalue weighted by Gasteiger charge is 2.45. The summed E-state index contributed by atoms with van der Waals surface area (Å²) in [5.41, 5.74) is 1.56. The second kappa shape index (κ2) is 8.65. The molecule has 0 saturated heterocycles. The third kappa shape index (κ3) is 3.78. The Morgan fingerprint density at radius 3 is 2.54 bits per heavy atom. The summed E-state index contributed by atoms with van der Waals surface area (Å²) < 4.78 is 32.3. The lowest BCUT2D eigenvalue weighted by Gasteiger charge is -2.22. The van der Waals surface area contributed by atoms with E-state index in [0.717, 1.165) is 16.9 Å². The van der Waals surface area contributed by atoms with Crippen LogP contribution in [0.15, 0.2) is 97.3 Å². The highest BCUT2D eigenvalue weighted by Crippen LogP contribution is 2.44. The molecule has 5 aromatic rings. The molecule has 2 aromatic heterocycles. The van der Waals surface area contributed by atoms with E-state index in [2.05, 4.69) is 4.98 Å². The van der Waals surface area contributed by atoms with E-state index in [4.69, 9.17) is 16.0 Å². The molecule has 3 heterocycles. The van der Waals surface area contributed by atoms with Crippen molar-refractivity contribution in [3.8, 4) is 0 Å². The number of nitrogens with zero attached hydrogens (tertiary/aromatic N) is 2. The first-order valence-corrected chi connectivity index (χ1v) is 13.9. The number of thiazole rings is 1. The molecule has 0 saturated carbocycles. The fourth-order valence-electron chi connectivity index (χ4n) is 4.47. The van der Waals surface area contributed by atoms with E-state index in [-0.39, 0.29) is 31.0 Å². The molecular weight excluding hydrogens is 532 g/mol. The number of anilines is 1. The van der Waals surface area contributed by atoms with Gasteiger partial charge in [-0.3, -0.25) is 14.5 Å². The molecule has 0 aliphatic carbocycles. The Bertz CT molecular complexity index is 1880. The van der Waals surface area contributed by atoms with E-state index in [1.807, 2.05) is 6.92 Å². The van der Waals surface area contributed by atoms with Crippen molar-refractivity contribution in [2.45, 2.75) is 22.1 Å². The minimum absolute atomic E-state index is 0.0256. The van der Waals surface area contributed by atoms with Crippen LogP contribution in [0, 0.1) is 6.92 Å². The van der Waals surface area contributed by atoms with E-state index in [9.17, 15) is 18.0 Å². The monoisotopic (exact) mass is 548 g/mol. The Labute approximate surface area is 220 Å². The van der Waals surface area contributed by atoms with E-state index < -0.39 is 21.8 Å². The van der Waals surface area contributed by atoms with Crippen molar-refractivity contribution in [3.05, 3.63) is 117 Å². The van der Waals surface area contributed by atoms with Crippen LogP contribution >= 0.6 is 22.9 Å². The standard InChI is InChI=1S/C27H17ClN2O5S2/c1-15-10-11-19-20(12-15)35-25-22(24(19)31)23(16-6-5-7-17(28)13-16)30(26(25)32)27-29-14-21(36-27)37(33,34)18-8-3-2-4-9-18/h2-14,23H,1H3. The molecule has 0 bridgehead atoms. The van der Waals surface area contributed by atoms with E-state index in [0.29, 0.717) is 21.6 Å². The Kier molecular flexibility index (Phi) is 5.52. The Morgan fingerprint density at radius 2 is 1.78 bits per heavy atom. The average molecular weight is 549 g/mol. The van der Waals surface area contributed by atoms with Gasteiger partial charge in [0, 0.05) is 5.02 Å². The molecule has 0 spiro atoms. The molecule has 7 nitrogen and oxygen atoms in total. The van der Waals surface area contributed by atoms with Crippen LogP contribution in [0.1, 0.15) is 33.3 Å². The van der Waals surface area contributed by atoms with Gasteiger partial charge in [-0.2, -0.15) is 0 Å². The Hall–Kier alpha value is -3.79. The van der Waals surface area contributed by atoms with Crippen molar-refractivity contribution >= 4 is 54.8 Å². The topological polar surface area (TPSA) is 97.6 Å². The number of aryl methyl sites for hydroxylation is 1. The maximum atomic E-state index is 13.8. The first-order valence-electron chi connectivity index (χ1n) is 11.2. The summed E-state index contributed by atoms with van der Waals surface area (Å²) in [6, 6.07) is 19.1. The van der Waals surface area contributed by atoms with Crippen LogP contribution in [-0.2, 0) is 9.84 Å². The lowest BCUT2D eigenvalue weighted by atomic mass is 9.98. The molecule has 1 atom stereocenters. The number of aromatic nitrogens is 1. The molecule has 6 rings (SSSR count). The normalized spacial score (nSPS) is 15.4. The van der Waals surface area contributed by atoms with Gasteiger partial charge >= 0.3 is 0 Å². The van der Waals surface area contributed by atoms with Crippen LogP contribution in [0.4, 0.5) is 5.13 Å². The molecule has 0 radical (unpaired) electrons. The van der Waals surface area contributed by atoms with E-state index >= 15 is 0 Å². The predicted molar refractivity (Wildman–Crippen MR) is 141 cm³/mol. The van der Waals surface area contributed by atoms with Crippen molar-refractivity contribution in [3.63, 3.8) is 0 Å². The zero-order valence-electron chi connectivity index (χ0n) is 19.2. The third-order valence-corrected chi connectivity index (χ3v) is 9.65. The summed E-state index contributed by atoms with van der Waals surface area (Å²) in [7, 11) is -3.85. The number of hydrogen-bond acceptors (Lipinski definition) is 7. The van der Waals surface area contributed by atoms with Gasteiger partial charge < -0.3 is 4.42 Å². The fourth-order valence-corrected chi connectivity index (χ4v) is 7.24. The van der Waals surface area contributed by atoms with Gasteiger partial charge in [0.2, 0.25) is 15.6 Å².